The zero-order chi connectivity index (χ0) is 25.9. The standard InChI is InChI=1S/C29H32ClFN2O2S/c1-21(2)17-32-29(35)27(16-22-9-4-3-5-10-22)33(18-23-11-8-13-25(30)15-23)28(34)20-36-19-24-12-6-7-14-26(24)31/h3-15,21,27H,16-20H2,1-2H3,(H,32,35)/t27-/m1/s1. The summed E-state index contributed by atoms with van der Waals surface area (Å²) in [7, 11) is 0. The average molecular weight is 527 g/mol. The average Bonchev–Trinajstić information content (AvgIpc) is 2.86. The molecular formula is C29H32ClFN2O2S. The molecule has 0 aromatic heterocycles. The minimum absolute atomic E-state index is 0.123. The van der Waals surface area contributed by atoms with Crippen LogP contribution in [0.25, 0.3) is 0 Å². The number of thioether (sulfide) groups is 1. The molecular weight excluding hydrogens is 495 g/mol. The highest BCUT2D eigenvalue weighted by Gasteiger charge is 2.30. The maximum Gasteiger partial charge on any atom is 0.243 e. The lowest BCUT2D eigenvalue weighted by atomic mass is 10.0. The summed E-state index contributed by atoms with van der Waals surface area (Å²) >= 11 is 7.54. The molecule has 1 N–H and O–H groups in total. The van der Waals surface area contributed by atoms with Gasteiger partial charge in [-0.25, -0.2) is 4.39 Å². The van der Waals surface area contributed by atoms with Crippen LogP contribution in [0.15, 0.2) is 78.9 Å². The van der Waals surface area contributed by atoms with Gasteiger partial charge in [0, 0.05) is 30.3 Å². The van der Waals surface area contributed by atoms with E-state index in [1.165, 1.54) is 17.8 Å². The van der Waals surface area contributed by atoms with Gasteiger partial charge in [-0.3, -0.25) is 9.59 Å². The fraction of sp³-hybridized carbons (Fsp3) is 0.310. The van der Waals surface area contributed by atoms with E-state index < -0.39 is 6.04 Å². The molecule has 0 radical (unpaired) electrons. The van der Waals surface area contributed by atoms with Crippen LogP contribution in [0.3, 0.4) is 0 Å². The van der Waals surface area contributed by atoms with Crippen LogP contribution < -0.4 is 5.32 Å². The summed E-state index contributed by atoms with van der Waals surface area (Å²) in [5.41, 5.74) is 2.35. The molecule has 36 heavy (non-hydrogen) atoms. The van der Waals surface area contributed by atoms with Gasteiger partial charge in [0.15, 0.2) is 0 Å². The van der Waals surface area contributed by atoms with Crippen LogP contribution in [-0.2, 0) is 28.3 Å². The number of benzene rings is 3. The van der Waals surface area contributed by atoms with E-state index in [2.05, 4.69) is 5.32 Å². The van der Waals surface area contributed by atoms with Crippen LogP contribution in [0.4, 0.5) is 4.39 Å². The third-order valence-corrected chi connectivity index (χ3v) is 6.84. The number of hydrogen-bond donors (Lipinski definition) is 1. The number of carbonyl (C=O) groups is 2. The second-order valence-electron chi connectivity index (χ2n) is 9.08. The molecule has 0 aliphatic rings. The quantitative estimate of drug-likeness (QED) is 0.309. The van der Waals surface area contributed by atoms with Gasteiger partial charge < -0.3 is 10.2 Å². The molecule has 0 aliphatic carbocycles. The van der Waals surface area contributed by atoms with Crippen molar-refractivity contribution < 1.29 is 14.0 Å². The summed E-state index contributed by atoms with van der Waals surface area (Å²) < 4.78 is 14.1. The van der Waals surface area contributed by atoms with Gasteiger partial charge in [-0.2, -0.15) is 0 Å². The maximum absolute atomic E-state index is 14.1. The van der Waals surface area contributed by atoms with Crippen molar-refractivity contribution in [2.45, 2.75) is 38.6 Å². The highest BCUT2D eigenvalue weighted by Crippen LogP contribution is 2.21. The molecule has 0 spiro atoms. The van der Waals surface area contributed by atoms with Crippen LogP contribution in [0.5, 0.6) is 0 Å². The van der Waals surface area contributed by atoms with Crippen LogP contribution >= 0.6 is 23.4 Å². The Hall–Kier alpha value is -2.83. The van der Waals surface area contributed by atoms with Crippen molar-refractivity contribution in [2.75, 3.05) is 12.3 Å². The van der Waals surface area contributed by atoms with E-state index in [1.54, 1.807) is 35.2 Å². The van der Waals surface area contributed by atoms with Crippen LogP contribution in [0.1, 0.15) is 30.5 Å². The van der Waals surface area contributed by atoms with Crippen molar-refractivity contribution in [1.82, 2.24) is 10.2 Å². The first-order valence-electron chi connectivity index (χ1n) is 12.0. The lowest BCUT2D eigenvalue weighted by Gasteiger charge is -2.32. The van der Waals surface area contributed by atoms with Gasteiger partial charge in [0.1, 0.15) is 11.9 Å². The highest BCUT2D eigenvalue weighted by molar-refractivity contribution is 7.99. The number of nitrogens with one attached hydrogen (secondary N) is 1. The van der Waals surface area contributed by atoms with Gasteiger partial charge in [0.05, 0.1) is 5.75 Å². The van der Waals surface area contributed by atoms with Crippen LogP contribution in [0, 0.1) is 11.7 Å². The molecule has 0 saturated heterocycles. The van der Waals surface area contributed by atoms with Crippen molar-refractivity contribution in [3.63, 3.8) is 0 Å². The summed E-state index contributed by atoms with van der Waals surface area (Å²) in [5, 5.41) is 3.58. The van der Waals surface area contributed by atoms with Crippen molar-refractivity contribution in [2.24, 2.45) is 5.92 Å². The molecule has 0 saturated carbocycles. The Labute approximate surface area is 222 Å². The van der Waals surface area contributed by atoms with Gasteiger partial charge in [-0.05, 0) is 40.8 Å². The first-order valence-corrected chi connectivity index (χ1v) is 13.5. The zero-order valence-corrected chi connectivity index (χ0v) is 22.2. The summed E-state index contributed by atoms with van der Waals surface area (Å²) in [4.78, 5) is 28.6. The zero-order valence-electron chi connectivity index (χ0n) is 20.6. The smallest absolute Gasteiger partial charge is 0.243 e. The van der Waals surface area contributed by atoms with E-state index in [-0.39, 0.29) is 35.8 Å². The molecule has 1 atom stereocenters. The molecule has 4 nitrogen and oxygen atoms in total. The van der Waals surface area contributed by atoms with Crippen LogP contribution in [-0.4, -0.2) is 35.1 Å². The molecule has 2 amide bonds. The Balaban J connectivity index is 1.85. The van der Waals surface area contributed by atoms with Crippen molar-refractivity contribution >= 4 is 35.2 Å². The van der Waals surface area contributed by atoms with Gasteiger partial charge in [0.25, 0.3) is 0 Å². The van der Waals surface area contributed by atoms with E-state index in [9.17, 15) is 14.0 Å². The Morgan fingerprint density at radius 3 is 2.36 bits per heavy atom. The number of nitrogens with zero attached hydrogens (tertiary/aromatic N) is 1. The third-order valence-electron chi connectivity index (χ3n) is 5.64. The Morgan fingerprint density at radius 2 is 1.67 bits per heavy atom. The molecule has 0 fully saturated rings. The lowest BCUT2D eigenvalue weighted by molar-refractivity contribution is -0.139. The minimum Gasteiger partial charge on any atom is -0.354 e. The molecule has 3 aromatic rings. The van der Waals surface area contributed by atoms with E-state index in [4.69, 9.17) is 11.6 Å². The molecule has 0 heterocycles. The number of amides is 2. The van der Waals surface area contributed by atoms with Gasteiger partial charge >= 0.3 is 0 Å². The second kappa shape index (κ2) is 14.0. The second-order valence-corrected chi connectivity index (χ2v) is 10.5. The predicted octanol–water partition coefficient (Wildman–Crippen LogP) is 6.12. The minimum atomic E-state index is -0.702. The Kier molecular flexibility index (Phi) is 10.8. The molecule has 3 rings (SSSR count). The topological polar surface area (TPSA) is 49.4 Å². The van der Waals surface area contributed by atoms with Gasteiger partial charge in [0.2, 0.25) is 11.8 Å². The first kappa shape index (κ1) is 27.8. The summed E-state index contributed by atoms with van der Waals surface area (Å²) in [6.45, 7) is 4.82. The molecule has 0 aliphatic heterocycles. The highest BCUT2D eigenvalue weighted by atomic mass is 35.5. The first-order chi connectivity index (χ1) is 17.3. The third kappa shape index (κ3) is 8.68. The van der Waals surface area contributed by atoms with E-state index in [0.717, 1.165) is 11.1 Å². The number of hydrogen-bond acceptors (Lipinski definition) is 3. The summed E-state index contributed by atoms with van der Waals surface area (Å²) in [6.07, 6.45) is 0.384. The Bertz CT molecular complexity index is 1140. The normalized spacial score (nSPS) is 11.8. The Morgan fingerprint density at radius 1 is 0.972 bits per heavy atom. The number of halogens is 2. The lowest BCUT2D eigenvalue weighted by Crippen LogP contribution is -2.51. The number of rotatable bonds is 12. The fourth-order valence-electron chi connectivity index (χ4n) is 3.76. The summed E-state index contributed by atoms with van der Waals surface area (Å²) in [6, 6.07) is 22.8. The van der Waals surface area contributed by atoms with Crippen LogP contribution in [0.2, 0.25) is 5.02 Å². The van der Waals surface area contributed by atoms with Gasteiger partial charge in [-0.1, -0.05) is 86.1 Å². The largest absolute Gasteiger partial charge is 0.354 e. The molecule has 0 unspecified atom stereocenters. The van der Waals surface area contributed by atoms with E-state index in [0.29, 0.717) is 29.3 Å². The van der Waals surface area contributed by atoms with Gasteiger partial charge in [-0.15, -0.1) is 11.8 Å². The van der Waals surface area contributed by atoms with E-state index in [1.807, 2.05) is 56.3 Å². The van der Waals surface area contributed by atoms with Crippen molar-refractivity contribution in [1.29, 1.82) is 0 Å². The number of carbonyl (C=O) groups excluding carboxylic acids is 2. The fourth-order valence-corrected chi connectivity index (χ4v) is 4.86. The predicted molar refractivity (Wildman–Crippen MR) is 146 cm³/mol. The molecule has 3 aromatic carbocycles. The molecule has 0 bridgehead atoms. The monoisotopic (exact) mass is 526 g/mol. The van der Waals surface area contributed by atoms with Crippen molar-refractivity contribution in [3.8, 4) is 0 Å². The molecule has 190 valence electrons. The maximum atomic E-state index is 14.1. The van der Waals surface area contributed by atoms with E-state index >= 15 is 0 Å². The molecule has 7 heteroatoms. The SMILES string of the molecule is CC(C)CNC(=O)[C@@H](Cc1ccccc1)N(Cc1cccc(Cl)c1)C(=O)CSCc1ccccc1F. The van der Waals surface area contributed by atoms with Crippen molar-refractivity contribution in [3.05, 3.63) is 106 Å². The summed E-state index contributed by atoms with van der Waals surface area (Å²) in [5.74, 6) is 0.103.